The number of nitrogens with one attached hydrogen (secondary N) is 1. The lowest BCUT2D eigenvalue weighted by Gasteiger charge is -2.34. The smallest absolute Gasteiger partial charge is 0.317 e. The van der Waals surface area contributed by atoms with Gasteiger partial charge in [0.25, 0.3) is 0 Å². The van der Waals surface area contributed by atoms with Crippen LogP contribution in [-0.2, 0) is 6.42 Å². The first kappa shape index (κ1) is 14.7. The number of rotatable bonds is 4. The summed E-state index contributed by atoms with van der Waals surface area (Å²) in [5, 5.41) is 3.86. The third-order valence-corrected chi connectivity index (χ3v) is 4.41. The number of carbonyl (C=O) groups excluding carboxylic acids is 1. The fraction of sp³-hybridized carbons (Fsp3) is 0.562. The Kier molecular flexibility index (Phi) is 4.66. The maximum Gasteiger partial charge on any atom is 0.317 e. The Morgan fingerprint density at radius 1 is 1.24 bits per heavy atom. The van der Waals surface area contributed by atoms with E-state index in [1.54, 1.807) is 0 Å². The molecule has 114 valence electrons. The van der Waals surface area contributed by atoms with Crippen molar-refractivity contribution in [2.24, 2.45) is 0 Å². The minimum Gasteiger partial charge on any atom is -0.335 e. The van der Waals surface area contributed by atoms with Crippen LogP contribution in [0.25, 0.3) is 0 Å². The Morgan fingerprint density at radius 3 is 2.67 bits per heavy atom. The molecule has 0 aromatic heterocycles. The van der Waals surface area contributed by atoms with E-state index in [4.69, 9.17) is 11.6 Å². The quantitative estimate of drug-likeness (QED) is 0.927. The summed E-state index contributed by atoms with van der Waals surface area (Å²) >= 11 is 6.00. The van der Waals surface area contributed by atoms with Gasteiger partial charge in [0.05, 0.1) is 0 Å². The van der Waals surface area contributed by atoms with E-state index < -0.39 is 0 Å². The molecule has 1 saturated heterocycles. The number of carbonyl (C=O) groups is 1. The third-order valence-electron chi connectivity index (χ3n) is 4.17. The first-order chi connectivity index (χ1) is 10.2. The Hall–Kier alpha value is -1.26. The van der Waals surface area contributed by atoms with Crippen molar-refractivity contribution in [2.75, 3.05) is 32.7 Å². The summed E-state index contributed by atoms with van der Waals surface area (Å²) in [6, 6.07) is 8.61. The van der Waals surface area contributed by atoms with Gasteiger partial charge in [-0.05, 0) is 37.0 Å². The molecule has 2 fully saturated rings. The van der Waals surface area contributed by atoms with Gasteiger partial charge in [-0.3, -0.25) is 4.90 Å². The van der Waals surface area contributed by atoms with Gasteiger partial charge in [0, 0.05) is 43.8 Å². The summed E-state index contributed by atoms with van der Waals surface area (Å²) in [5.41, 5.74) is 1.27. The molecule has 0 radical (unpaired) electrons. The monoisotopic (exact) mass is 307 g/mol. The van der Waals surface area contributed by atoms with Gasteiger partial charge in [0.1, 0.15) is 0 Å². The lowest BCUT2D eigenvalue weighted by Crippen LogP contribution is -2.52. The van der Waals surface area contributed by atoms with Gasteiger partial charge in [0.15, 0.2) is 0 Å². The highest BCUT2D eigenvalue weighted by atomic mass is 35.5. The highest BCUT2D eigenvalue weighted by Gasteiger charge is 2.27. The summed E-state index contributed by atoms with van der Waals surface area (Å²) in [4.78, 5) is 16.3. The van der Waals surface area contributed by atoms with E-state index in [0.29, 0.717) is 6.04 Å². The molecular formula is C16H22ClN3O. The Bertz CT molecular complexity index is 496. The molecule has 21 heavy (non-hydrogen) atoms. The SMILES string of the molecule is O=C(NC1CC1)N1CCN(CCc2cccc(Cl)c2)CC1. The van der Waals surface area contributed by atoms with Crippen LogP contribution < -0.4 is 5.32 Å². The van der Waals surface area contributed by atoms with Crippen molar-refractivity contribution in [2.45, 2.75) is 25.3 Å². The molecule has 1 aromatic rings. The molecule has 1 aliphatic carbocycles. The zero-order valence-corrected chi connectivity index (χ0v) is 13.0. The Morgan fingerprint density at radius 2 is 2.00 bits per heavy atom. The van der Waals surface area contributed by atoms with Crippen molar-refractivity contribution in [3.05, 3.63) is 34.9 Å². The maximum absolute atomic E-state index is 12.0. The second kappa shape index (κ2) is 6.67. The predicted molar refractivity (Wildman–Crippen MR) is 84.7 cm³/mol. The number of amides is 2. The van der Waals surface area contributed by atoms with Gasteiger partial charge in [-0.1, -0.05) is 23.7 Å². The van der Waals surface area contributed by atoms with Gasteiger partial charge in [-0.15, -0.1) is 0 Å². The molecular weight excluding hydrogens is 286 g/mol. The Balaban J connectivity index is 1.40. The lowest BCUT2D eigenvalue weighted by molar-refractivity contribution is 0.140. The van der Waals surface area contributed by atoms with E-state index in [1.807, 2.05) is 23.1 Å². The van der Waals surface area contributed by atoms with Crippen LogP contribution in [-0.4, -0.2) is 54.6 Å². The van der Waals surface area contributed by atoms with Crippen molar-refractivity contribution in [1.29, 1.82) is 0 Å². The fourth-order valence-corrected chi connectivity index (χ4v) is 2.86. The van der Waals surface area contributed by atoms with Crippen LogP contribution in [0.4, 0.5) is 4.79 Å². The van der Waals surface area contributed by atoms with Crippen LogP contribution in [0.15, 0.2) is 24.3 Å². The number of halogens is 1. The molecule has 1 heterocycles. The van der Waals surface area contributed by atoms with Gasteiger partial charge < -0.3 is 10.2 Å². The van der Waals surface area contributed by atoms with Crippen LogP contribution in [0, 0.1) is 0 Å². The first-order valence-corrected chi connectivity index (χ1v) is 8.11. The number of nitrogens with zero attached hydrogens (tertiary/aromatic N) is 2. The third kappa shape index (κ3) is 4.35. The highest BCUT2D eigenvalue weighted by molar-refractivity contribution is 6.30. The number of urea groups is 1. The van der Waals surface area contributed by atoms with Crippen LogP contribution in [0.5, 0.6) is 0 Å². The van der Waals surface area contributed by atoms with Crippen LogP contribution in [0.1, 0.15) is 18.4 Å². The molecule has 2 aliphatic rings. The zero-order chi connectivity index (χ0) is 14.7. The average Bonchev–Trinajstić information content (AvgIpc) is 3.30. The number of hydrogen-bond acceptors (Lipinski definition) is 2. The molecule has 3 rings (SSSR count). The summed E-state index contributed by atoms with van der Waals surface area (Å²) in [6.07, 6.45) is 3.30. The van der Waals surface area contributed by atoms with Crippen LogP contribution in [0.2, 0.25) is 5.02 Å². The van der Waals surface area contributed by atoms with Gasteiger partial charge in [0.2, 0.25) is 0 Å². The first-order valence-electron chi connectivity index (χ1n) is 7.73. The molecule has 0 bridgehead atoms. The highest BCUT2D eigenvalue weighted by Crippen LogP contribution is 2.19. The van der Waals surface area contributed by atoms with E-state index in [-0.39, 0.29) is 6.03 Å². The second-order valence-corrected chi connectivity index (χ2v) is 6.37. The molecule has 0 spiro atoms. The molecule has 1 aromatic carbocycles. The number of piperazine rings is 1. The summed E-state index contributed by atoms with van der Waals surface area (Å²) in [7, 11) is 0. The average molecular weight is 308 g/mol. The van der Waals surface area contributed by atoms with Crippen molar-refractivity contribution in [3.8, 4) is 0 Å². The van der Waals surface area contributed by atoms with Crippen molar-refractivity contribution >= 4 is 17.6 Å². The van der Waals surface area contributed by atoms with E-state index in [2.05, 4.69) is 16.3 Å². The van der Waals surface area contributed by atoms with Gasteiger partial charge in [-0.2, -0.15) is 0 Å². The maximum atomic E-state index is 12.0. The fourth-order valence-electron chi connectivity index (χ4n) is 2.65. The zero-order valence-electron chi connectivity index (χ0n) is 12.2. The predicted octanol–water partition coefficient (Wildman–Crippen LogP) is 2.37. The molecule has 2 amide bonds. The minimum atomic E-state index is 0.118. The van der Waals surface area contributed by atoms with Gasteiger partial charge >= 0.3 is 6.03 Å². The topological polar surface area (TPSA) is 35.6 Å². The van der Waals surface area contributed by atoms with Crippen molar-refractivity contribution in [3.63, 3.8) is 0 Å². The molecule has 1 N–H and O–H groups in total. The second-order valence-electron chi connectivity index (χ2n) is 5.93. The largest absolute Gasteiger partial charge is 0.335 e. The van der Waals surface area contributed by atoms with Crippen LogP contribution in [0.3, 0.4) is 0 Å². The molecule has 0 atom stereocenters. The summed E-state index contributed by atoms with van der Waals surface area (Å²) < 4.78 is 0. The minimum absolute atomic E-state index is 0.118. The molecule has 4 nitrogen and oxygen atoms in total. The van der Waals surface area contributed by atoms with Gasteiger partial charge in [-0.25, -0.2) is 4.79 Å². The normalized spacial score (nSPS) is 19.6. The lowest BCUT2D eigenvalue weighted by atomic mass is 10.1. The van der Waals surface area contributed by atoms with E-state index >= 15 is 0 Å². The van der Waals surface area contributed by atoms with Crippen LogP contribution >= 0.6 is 11.6 Å². The summed E-state index contributed by atoms with van der Waals surface area (Å²) in [6.45, 7) is 4.60. The van der Waals surface area contributed by atoms with Crippen molar-refractivity contribution < 1.29 is 4.79 Å². The summed E-state index contributed by atoms with van der Waals surface area (Å²) in [5.74, 6) is 0. The molecule has 1 saturated carbocycles. The van der Waals surface area contributed by atoms with Crippen molar-refractivity contribution in [1.82, 2.24) is 15.1 Å². The molecule has 5 heteroatoms. The Labute approximate surface area is 131 Å². The number of hydrogen-bond donors (Lipinski definition) is 1. The molecule has 0 unspecified atom stereocenters. The molecule has 1 aliphatic heterocycles. The van der Waals surface area contributed by atoms with E-state index in [0.717, 1.165) is 57.0 Å². The van der Waals surface area contributed by atoms with E-state index in [9.17, 15) is 4.79 Å². The number of benzene rings is 1. The van der Waals surface area contributed by atoms with E-state index in [1.165, 1.54) is 5.56 Å². The standard InChI is InChI=1S/C16H22ClN3O/c17-14-3-1-2-13(12-14)6-7-19-8-10-20(11-9-19)16(21)18-15-4-5-15/h1-3,12,15H,4-11H2,(H,18,21).